The van der Waals surface area contributed by atoms with E-state index in [9.17, 15) is 19.7 Å². The lowest BCUT2D eigenvalue weighted by atomic mass is 9.85. The summed E-state index contributed by atoms with van der Waals surface area (Å²) in [5.41, 5.74) is 1.72. The normalized spacial score (nSPS) is 15.1. The number of guanidine groups is 1. The van der Waals surface area contributed by atoms with Crippen LogP contribution in [0.1, 0.15) is 90.9 Å². The third kappa shape index (κ3) is 13.8. The first-order valence-electron chi connectivity index (χ1n) is 12.1. The van der Waals surface area contributed by atoms with E-state index < -0.39 is 17.0 Å². The molecule has 0 bridgehead atoms. The highest BCUT2D eigenvalue weighted by molar-refractivity contribution is 5.87. The molecule has 10 heteroatoms. The first-order chi connectivity index (χ1) is 15.3. The Balaban J connectivity index is 2.38. The Morgan fingerprint density at radius 2 is 1.75 bits per heavy atom. The van der Waals surface area contributed by atoms with Gasteiger partial charge in [0, 0.05) is 19.5 Å². The number of nitrogens with zero attached hydrogens (tertiary/aromatic N) is 1. The van der Waals surface area contributed by atoms with E-state index >= 15 is 0 Å². The van der Waals surface area contributed by atoms with Gasteiger partial charge in [0.05, 0.1) is 0 Å². The Bertz CT molecular complexity index is 593. The van der Waals surface area contributed by atoms with Crippen LogP contribution in [0.5, 0.6) is 0 Å². The van der Waals surface area contributed by atoms with Crippen molar-refractivity contribution in [3.05, 3.63) is 10.1 Å². The molecule has 0 aliphatic heterocycles. The van der Waals surface area contributed by atoms with Crippen LogP contribution in [0.15, 0.2) is 0 Å². The molecule has 0 aromatic carbocycles. The van der Waals surface area contributed by atoms with E-state index in [2.05, 4.69) is 29.8 Å². The standard InChI is InChI=1S/C22H42N6O4/c1-17(2)14-16-24-21(30)19(12-8-15-25-22(23)27-28(31)32)26-20(29)13-7-6-11-18-9-4-3-5-10-18/h17-19H,3-16H2,1-2H3,(H,24,30)(H,26,29)(H3,23,25,27)/t19-/m0/s1. The number of amides is 2. The average molecular weight is 455 g/mol. The first-order valence-corrected chi connectivity index (χ1v) is 12.1. The molecule has 1 aliphatic rings. The molecule has 1 saturated carbocycles. The van der Waals surface area contributed by atoms with Gasteiger partial charge in [-0.05, 0) is 37.5 Å². The Kier molecular flexibility index (Phi) is 14.1. The molecule has 0 unspecified atom stereocenters. The van der Waals surface area contributed by atoms with Crippen molar-refractivity contribution in [1.29, 1.82) is 5.41 Å². The number of hydrogen-bond donors (Lipinski definition) is 5. The molecule has 2 amide bonds. The Morgan fingerprint density at radius 3 is 2.41 bits per heavy atom. The van der Waals surface area contributed by atoms with Crippen molar-refractivity contribution in [2.24, 2.45) is 11.8 Å². The number of rotatable bonds is 15. The van der Waals surface area contributed by atoms with Crippen LogP contribution in [-0.2, 0) is 9.59 Å². The topological polar surface area (TPSA) is 149 Å². The van der Waals surface area contributed by atoms with Gasteiger partial charge >= 0.3 is 0 Å². The molecule has 0 aromatic heterocycles. The molecular formula is C22H42N6O4. The fraction of sp³-hybridized carbons (Fsp3) is 0.864. The fourth-order valence-corrected chi connectivity index (χ4v) is 3.99. The maximum Gasteiger partial charge on any atom is 0.251 e. The SMILES string of the molecule is CC(C)CCNC(=O)[C@H](CCCNC(=N)N[N+](=O)[O-])NC(=O)CCCCC1CCCCC1. The number of carbonyl (C=O) groups excluding carboxylic acids is 2. The summed E-state index contributed by atoms with van der Waals surface area (Å²) in [5.74, 6) is 0.544. The van der Waals surface area contributed by atoms with Gasteiger partial charge in [-0.3, -0.25) is 15.0 Å². The molecule has 10 nitrogen and oxygen atoms in total. The molecule has 0 aromatic rings. The smallest absolute Gasteiger partial charge is 0.251 e. The van der Waals surface area contributed by atoms with Crippen LogP contribution in [0.3, 0.4) is 0 Å². The number of carbonyl (C=O) groups is 2. The summed E-state index contributed by atoms with van der Waals surface area (Å²) in [6.45, 7) is 5.00. The predicted molar refractivity (Wildman–Crippen MR) is 125 cm³/mol. The molecule has 1 aliphatic carbocycles. The minimum atomic E-state index is -0.811. The van der Waals surface area contributed by atoms with Gasteiger partial charge < -0.3 is 16.0 Å². The highest BCUT2D eigenvalue weighted by Crippen LogP contribution is 2.27. The predicted octanol–water partition coefficient (Wildman–Crippen LogP) is 2.86. The summed E-state index contributed by atoms with van der Waals surface area (Å²) in [4.78, 5) is 35.3. The van der Waals surface area contributed by atoms with Gasteiger partial charge in [0.25, 0.3) is 5.96 Å². The zero-order chi connectivity index (χ0) is 23.8. The van der Waals surface area contributed by atoms with Crippen LogP contribution in [0.2, 0.25) is 0 Å². The van der Waals surface area contributed by atoms with Crippen molar-refractivity contribution in [2.75, 3.05) is 13.1 Å². The molecule has 1 rings (SSSR count). The van der Waals surface area contributed by atoms with Crippen LogP contribution in [-0.4, -0.2) is 41.9 Å². The van der Waals surface area contributed by atoms with E-state index in [0.29, 0.717) is 31.7 Å². The number of nitrogens with one attached hydrogen (secondary N) is 5. The first kappa shape index (κ1) is 27.6. The number of hydrazine groups is 1. The number of unbranched alkanes of at least 4 members (excludes halogenated alkanes) is 1. The summed E-state index contributed by atoms with van der Waals surface area (Å²) < 4.78 is 0. The van der Waals surface area contributed by atoms with Crippen molar-refractivity contribution in [1.82, 2.24) is 21.4 Å². The third-order valence-corrected chi connectivity index (χ3v) is 5.84. The Hall–Kier alpha value is -2.39. The molecule has 0 heterocycles. The van der Waals surface area contributed by atoms with E-state index in [1.165, 1.54) is 38.5 Å². The lowest BCUT2D eigenvalue weighted by molar-refractivity contribution is -0.525. The summed E-state index contributed by atoms with van der Waals surface area (Å²) in [5, 5.41) is 25.2. The number of hydrogen-bond acceptors (Lipinski definition) is 5. The van der Waals surface area contributed by atoms with Gasteiger partial charge in [-0.15, -0.1) is 0 Å². The highest BCUT2D eigenvalue weighted by Gasteiger charge is 2.20. The zero-order valence-corrected chi connectivity index (χ0v) is 19.7. The van der Waals surface area contributed by atoms with E-state index in [1.807, 2.05) is 0 Å². The van der Waals surface area contributed by atoms with Crippen LogP contribution < -0.4 is 21.4 Å². The summed E-state index contributed by atoms with van der Waals surface area (Å²) in [6.07, 6.45) is 11.8. The number of nitro groups is 1. The summed E-state index contributed by atoms with van der Waals surface area (Å²) in [7, 11) is 0. The van der Waals surface area contributed by atoms with E-state index in [4.69, 9.17) is 5.41 Å². The Morgan fingerprint density at radius 1 is 1.03 bits per heavy atom. The van der Waals surface area contributed by atoms with Gasteiger partial charge in [0.1, 0.15) is 6.04 Å². The van der Waals surface area contributed by atoms with Crippen LogP contribution in [0.4, 0.5) is 0 Å². The second-order valence-corrected chi connectivity index (χ2v) is 9.16. The van der Waals surface area contributed by atoms with Gasteiger partial charge in [0.2, 0.25) is 11.8 Å². The Labute approximate surface area is 191 Å². The molecule has 0 saturated heterocycles. The molecule has 1 fully saturated rings. The minimum absolute atomic E-state index is 0.117. The second-order valence-electron chi connectivity index (χ2n) is 9.16. The second kappa shape index (κ2) is 16.3. The quantitative estimate of drug-likeness (QED) is 0.0844. The minimum Gasteiger partial charge on any atom is -0.354 e. The van der Waals surface area contributed by atoms with Crippen LogP contribution in [0, 0.1) is 27.4 Å². The van der Waals surface area contributed by atoms with Crippen molar-refractivity contribution in [2.45, 2.75) is 96.9 Å². The molecule has 0 spiro atoms. The van der Waals surface area contributed by atoms with Gasteiger partial charge in [0.15, 0.2) is 5.03 Å². The highest BCUT2D eigenvalue weighted by atomic mass is 16.7. The van der Waals surface area contributed by atoms with E-state index in [1.54, 1.807) is 5.43 Å². The van der Waals surface area contributed by atoms with Gasteiger partial charge in [-0.1, -0.05) is 64.2 Å². The summed E-state index contributed by atoms with van der Waals surface area (Å²) >= 11 is 0. The average Bonchev–Trinajstić information content (AvgIpc) is 2.73. The van der Waals surface area contributed by atoms with Gasteiger partial charge in [-0.2, -0.15) is 0 Å². The molecule has 184 valence electrons. The van der Waals surface area contributed by atoms with E-state index in [-0.39, 0.29) is 18.4 Å². The maximum absolute atomic E-state index is 12.6. The van der Waals surface area contributed by atoms with Gasteiger partial charge in [-0.25, -0.2) is 10.1 Å². The van der Waals surface area contributed by atoms with Crippen molar-refractivity contribution >= 4 is 17.8 Å². The molecular weight excluding hydrogens is 412 g/mol. The maximum atomic E-state index is 12.6. The lowest BCUT2D eigenvalue weighted by Crippen LogP contribution is -2.47. The van der Waals surface area contributed by atoms with Crippen LogP contribution >= 0.6 is 0 Å². The van der Waals surface area contributed by atoms with Crippen molar-refractivity contribution < 1.29 is 14.6 Å². The molecule has 0 radical (unpaired) electrons. The summed E-state index contributed by atoms with van der Waals surface area (Å²) in [6, 6.07) is -0.646. The fourth-order valence-electron chi connectivity index (χ4n) is 3.99. The molecule has 32 heavy (non-hydrogen) atoms. The third-order valence-electron chi connectivity index (χ3n) is 5.84. The lowest BCUT2D eigenvalue weighted by Gasteiger charge is -2.21. The molecule has 1 atom stereocenters. The van der Waals surface area contributed by atoms with Crippen molar-refractivity contribution in [3.63, 3.8) is 0 Å². The van der Waals surface area contributed by atoms with E-state index in [0.717, 1.165) is 25.2 Å². The largest absolute Gasteiger partial charge is 0.354 e. The zero-order valence-electron chi connectivity index (χ0n) is 19.7. The van der Waals surface area contributed by atoms with Crippen LogP contribution in [0.25, 0.3) is 0 Å². The monoisotopic (exact) mass is 454 g/mol. The molecule has 5 N–H and O–H groups in total. The van der Waals surface area contributed by atoms with Crippen molar-refractivity contribution in [3.8, 4) is 0 Å².